The molecule has 0 aliphatic carbocycles. The molecule has 0 aromatic heterocycles. The Hall–Kier alpha value is -1.67. The number of hydrogen-bond acceptors (Lipinski definition) is 4. The zero-order valence-electron chi connectivity index (χ0n) is 7.06. The van der Waals surface area contributed by atoms with E-state index in [2.05, 4.69) is 12.6 Å². The van der Waals surface area contributed by atoms with Crippen LogP contribution < -0.4 is 0 Å². The van der Waals surface area contributed by atoms with Crippen molar-refractivity contribution in [3.8, 4) is 11.8 Å². The highest BCUT2D eigenvalue weighted by atomic mass is 32.1. The molecule has 1 aromatic carbocycles. The van der Waals surface area contributed by atoms with Crippen LogP contribution >= 0.6 is 12.6 Å². The molecule has 14 heavy (non-hydrogen) atoms. The fourth-order valence-electron chi connectivity index (χ4n) is 1.06. The molecule has 0 aliphatic heterocycles. The van der Waals surface area contributed by atoms with E-state index in [1.165, 1.54) is 12.1 Å². The molecule has 5 heteroatoms. The number of nitriles is 1. The maximum absolute atomic E-state index is 10.4. The summed E-state index contributed by atoms with van der Waals surface area (Å²) in [5, 5.41) is 26.4. The van der Waals surface area contributed by atoms with Gasteiger partial charge in [0.2, 0.25) is 0 Å². The van der Waals surface area contributed by atoms with Crippen molar-refractivity contribution in [3.05, 3.63) is 23.3 Å². The van der Waals surface area contributed by atoms with Crippen molar-refractivity contribution in [2.45, 2.75) is 11.3 Å². The molecule has 4 nitrogen and oxygen atoms in total. The number of aliphatic carboxylic acids is 1. The van der Waals surface area contributed by atoms with E-state index in [-0.39, 0.29) is 22.6 Å². The Morgan fingerprint density at radius 2 is 2.21 bits per heavy atom. The summed E-state index contributed by atoms with van der Waals surface area (Å²) < 4.78 is 0. The van der Waals surface area contributed by atoms with Crippen molar-refractivity contribution >= 4 is 18.6 Å². The molecule has 0 bridgehead atoms. The van der Waals surface area contributed by atoms with E-state index in [0.717, 1.165) is 0 Å². The standard InChI is InChI=1S/C9H7NO3S/c10-4-6-7(11)1-5(2-8(6)14)3-9(12)13/h1-2,11,14H,3H2,(H,12,13). The lowest BCUT2D eigenvalue weighted by Gasteiger charge is -2.03. The van der Waals surface area contributed by atoms with Gasteiger partial charge >= 0.3 is 5.97 Å². The maximum atomic E-state index is 10.4. The Bertz CT molecular complexity index is 400. The zero-order chi connectivity index (χ0) is 10.7. The number of rotatable bonds is 2. The Labute approximate surface area is 85.8 Å². The van der Waals surface area contributed by atoms with Gasteiger partial charge in [0.05, 0.1) is 6.42 Å². The van der Waals surface area contributed by atoms with Gasteiger partial charge in [-0.3, -0.25) is 4.79 Å². The van der Waals surface area contributed by atoms with Gasteiger partial charge in [0.25, 0.3) is 0 Å². The van der Waals surface area contributed by atoms with Crippen LogP contribution in [0.25, 0.3) is 0 Å². The molecule has 0 radical (unpaired) electrons. The quantitative estimate of drug-likeness (QED) is 0.639. The molecule has 0 heterocycles. The predicted molar refractivity (Wildman–Crippen MR) is 51.4 cm³/mol. The van der Waals surface area contributed by atoms with Crippen LogP contribution in [0.1, 0.15) is 11.1 Å². The fourth-order valence-corrected chi connectivity index (χ4v) is 1.39. The first-order valence-electron chi connectivity index (χ1n) is 3.71. The highest BCUT2D eigenvalue weighted by Gasteiger charge is 2.09. The SMILES string of the molecule is N#Cc1c(O)cc(CC(=O)O)cc1S. The minimum absolute atomic E-state index is 0.0578. The Morgan fingerprint density at radius 3 is 2.64 bits per heavy atom. The third-order valence-corrected chi connectivity index (χ3v) is 1.98. The third-order valence-electron chi connectivity index (χ3n) is 1.62. The number of nitrogens with zero attached hydrogens (tertiary/aromatic N) is 1. The molecule has 1 rings (SSSR count). The lowest BCUT2D eigenvalue weighted by Crippen LogP contribution is -2.00. The van der Waals surface area contributed by atoms with Crippen molar-refractivity contribution in [1.82, 2.24) is 0 Å². The number of phenols is 1. The molecule has 0 spiro atoms. The van der Waals surface area contributed by atoms with Crippen molar-refractivity contribution in [1.29, 1.82) is 5.26 Å². The monoisotopic (exact) mass is 209 g/mol. The van der Waals surface area contributed by atoms with Gasteiger partial charge in [0, 0.05) is 4.90 Å². The summed E-state index contributed by atoms with van der Waals surface area (Å²) in [6.07, 6.45) is -0.202. The van der Waals surface area contributed by atoms with Crippen LogP contribution in [-0.4, -0.2) is 16.2 Å². The summed E-state index contributed by atoms with van der Waals surface area (Å²) in [5.41, 5.74) is 0.474. The normalized spacial score (nSPS) is 9.43. The van der Waals surface area contributed by atoms with Gasteiger partial charge in [-0.25, -0.2) is 0 Å². The van der Waals surface area contributed by atoms with Gasteiger partial charge in [-0.05, 0) is 17.7 Å². The summed E-state index contributed by atoms with van der Waals surface area (Å²) in [6, 6.07) is 4.48. The topological polar surface area (TPSA) is 81.3 Å². The Kier molecular flexibility index (Phi) is 2.99. The summed E-state index contributed by atoms with van der Waals surface area (Å²) in [6.45, 7) is 0. The van der Waals surface area contributed by atoms with Gasteiger partial charge in [0.1, 0.15) is 17.4 Å². The first-order valence-corrected chi connectivity index (χ1v) is 4.16. The number of benzene rings is 1. The summed E-state index contributed by atoms with van der Waals surface area (Å²) in [5.74, 6) is -1.24. The third kappa shape index (κ3) is 2.18. The second-order valence-corrected chi connectivity index (χ2v) is 3.17. The second-order valence-electron chi connectivity index (χ2n) is 2.69. The first-order chi connectivity index (χ1) is 6.54. The zero-order valence-corrected chi connectivity index (χ0v) is 7.95. The molecule has 0 saturated carbocycles. The molecule has 0 unspecified atom stereocenters. The number of phenolic OH excluding ortho intramolecular Hbond substituents is 1. The molecule has 72 valence electrons. The lowest BCUT2D eigenvalue weighted by atomic mass is 10.1. The van der Waals surface area contributed by atoms with Crippen LogP contribution in [-0.2, 0) is 11.2 Å². The molecular formula is C9H7NO3S. The summed E-state index contributed by atoms with van der Waals surface area (Å²) in [4.78, 5) is 10.7. The van der Waals surface area contributed by atoms with E-state index in [4.69, 9.17) is 10.4 Å². The molecule has 2 N–H and O–H groups in total. The van der Waals surface area contributed by atoms with Gasteiger partial charge in [-0.15, -0.1) is 12.6 Å². The van der Waals surface area contributed by atoms with Gasteiger partial charge < -0.3 is 10.2 Å². The molecule has 0 atom stereocenters. The molecule has 0 aliphatic rings. The maximum Gasteiger partial charge on any atom is 0.307 e. The van der Waals surface area contributed by atoms with E-state index >= 15 is 0 Å². The number of thiol groups is 1. The number of aromatic hydroxyl groups is 1. The second kappa shape index (κ2) is 4.03. The fraction of sp³-hybridized carbons (Fsp3) is 0.111. The van der Waals surface area contributed by atoms with Crippen molar-refractivity contribution in [2.75, 3.05) is 0 Å². The number of carboxylic acid groups (broad SMARTS) is 1. The summed E-state index contributed by atoms with van der Waals surface area (Å²) in [7, 11) is 0. The van der Waals surface area contributed by atoms with Crippen molar-refractivity contribution in [2.24, 2.45) is 0 Å². The molecule has 0 amide bonds. The van der Waals surface area contributed by atoms with Crippen LogP contribution in [0.2, 0.25) is 0 Å². The Morgan fingerprint density at radius 1 is 1.57 bits per heavy atom. The van der Waals surface area contributed by atoms with Crippen molar-refractivity contribution in [3.63, 3.8) is 0 Å². The Balaban J connectivity index is 3.15. The van der Waals surface area contributed by atoms with Crippen LogP contribution in [0, 0.1) is 11.3 Å². The number of carboxylic acids is 1. The van der Waals surface area contributed by atoms with E-state index in [9.17, 15) is 9.90 Å². The molecule has 0 fully saturated rings. The van der Waals surface area contributed by atoms with Gasteiger partial charge in [-0.1, -0.05) is 0 Å². The average molecular weight is 209 g/mol. The van der Waals surface area contributed by atoms with Crippen LogP contribution in [0.3, 0.4) is 0 Å². The van der Waals surface area contributed by atoms with E-state index in [1.54, 1.807) is 6.07 Å². The van der Waals surface area contributed by atoms with Gasteiger partial charge in [-0.2, -0.15) is 5.26 Å². The predicted octanol–water partition coefficient (Wildman–Crippen LogP) is 1.18. The minimum atomic E-state index is -0.998. The average Bonchev–Trinajstić information content (AvgIpc) is 2.01. The molecule has 0 saturated heterocycles. The number of carbonyl (C=O) groups is 1. The molecule has 1 aromatic rings. The minimum Gasteiger partial charge on any atom is -0.507 e. The highest BCUT2D eigenvalue weighted by Crippen LogP contribution is 2.25. The largest absolute Gasteiger partial charge is 0.507 e. The van der Waals surface area contributed by atoms with Crippen LogP contribution in [0.4, 0.5) is 0 Å². The first kappa shape index (κ1) is 10.4. The van der Waals surface area contributed by atoms with E-state index < -0.39 is 5.97 Å². The van der Waals surface area contributed by atoms with E-state index in [0.29, 0.717) is 5.56 Å². The number of hydrogen-bond donors (Lipinski definition) is 3. The molecular weight excluding hydrogens is 202 g/mol. The highest BCUT2D eigenvalue weighted by molar-refractivity contribution is 7.80. The van der Waals surface area contributed by atoms with Crippen LogP contribution in [0.5, 0.6) is 5.75 Å². The van der Waals surface area contributed by atoms with Gasteiger partial charge in [0.15, 0.2) is 0 Å². The van der Waals surface area contributed by atoms with Crippen molar-refractivity contribution < 1.29 is 15.0 Å². The van der Waals surface area contributed by atoms with E-state index in [1.807, 2.05) is 0 Å². The smallest absolute Gasteiger partial charge is 0.307 e. The summed E-state index contributed by atoms with van der Waals surface area (Å²) >= 11 is 3.96. The van der Waals surface area contributed by atoms with Crippen LogP contribution in [0.15, 0.2) is 17.0 Å². The lowest BCUT2D eigenvalue weighted by molar-refractivity contribution is -0.136.